The van der Waals surface area contributed by atoms with E-state index in [1.165, 1.54) is 30.3 Å². The third-order valence-electron chi connectivity index (χ3n) is 4.66. The van der Waals surface area contributed by atoms with Crippen LogP contribution >= 0.6 is 15.9 Å². The molecule has 0 atom stereocenters. The molecule has 6 heteroatoms. The molecule has 0 aliphatic carbocycles. The molecule has 0 amide bonds. The van der Waals surface area contributed by atoms with E-state index in [4.69, 9.17) is 0 Å². The lowest BCUT2D eigenvalue weighted by Crippen LogP contribution is -2.16. The summed E-state index contributed by atoms with van der Waals surface area (Å²) in [5, 5.41) is 0. The minimum absolute atomic E-state index is 0.275. The number of ketones is 1. The lowest BCUT2D eigenvalue weighted by molar-refractivity contribution is 0.104. The molecule has 0 unspecified atom stereocenters. The summed E-state index contributed by atoms with van der Waals surface area (Å²) < 4.78 is 40.5. The predicted molar refractivity (Wildman–Crippen MR) is 121 cm³/mol. The molecular weight excluding hydrogens is 467 g/mol. The molecule has 3 aromatic rings. The van der Waals surface area contributed by atoms with Gasteiger partial charge >= 0.3 is 0 Å². The number of carbonyl (C=O) groups is 1. The highest BCUT2D eigenvalue weighted by Crippen LogP contribution is 2.25. The van der Waals surface area contributed by atoms with Gasteiger partial charge < -0.3 is 0 Å². The minimum Gasteiger partial charge on any atom is -0.288 e. The van der Waals surface area contributed by atoms with E-state index in [9.17, 15) is 17.6 Å². The molecule has 30 heavy (non-hydrogen) atoms. The largest absolute Gasteiger partial charge is 0.288 e. The van der Waals surface area contributed by atoms with Crippen molar-refractivity contribution < 1.29 is 17.6 Å². The third kappa shape index (κ3) is 5.32. The van der Waals surface area contributed by atoms with Gasteiger partial charge in [-0.2, -0.15) is 0 Å². The summed E-state index contributed by atoms with van der Waals surface area (Å²) in [7, 11) is -4.00. The first kappa shape index (κ1) is 22.1. The number of sulfone groups is 1. The fourth-order valence-corrected chi connectivity index (χ4v) is 4.73. The Hall–Kier alpha value is -2.57. The number of hydrogen-bond donors (Lipinski definition) is 0. The van der Waals surface area contributed by atoms with Crippen molar-refractivity contribution in [1.82, 2.24) is 0 Å². The van der Waals surface area contributed by atoms with Crippen LogP contribution in [0.5, 0.6) is 0 Å². The van der Waals surface area contributed by atoms with Crippen molar-refractivity contribution in [3.05, 3.63) is 110 Å². The average Bonchev–Trinajstić information content (AvgIpc) is 2.70. The summed E-state index contributed by atoms with van der Waals surface area (Å²) in [5.41, 5.74) is 3.17. The molecule has 0 saturated carbocycles. The highest BCUT2D eigenvalue weighted by Gasteiger charge is 2.27. The number of aryl methyl sites for hydroxylation is 2. The van der Waals surface area contributed by atoms with Crippen molar-refractivity contribution in [2.45, 2.75) is 19.6 Å². The maximum Gasteiger partial charge on any atom is 0.204 e. The maximum atomic E-state index is 13.3. The summed E-state index contributed by atoms with van der Waals surface area (Å²) in [6.07, 6.45) is 1.44. The van der Waals surface area contributed by atoms with Crippen LogP contribution in [0, 0.1) is 19.7 Å². The van der Waals surface area contributed by atoms with Crippen LogP contribution in [-0.4, -0.2) is 14.2 Å². The molecule has 0 spiro atoms. The van der Waals surface area contributed by atoms with Gasteiger partial charge in [-0.15, -0.1) is 0 Å². The first-order valence-corrected chi connectivity index (χ1v) is 11.7. The Balaban J connectivity index is 2.11. The Kier molecular flexibility index (Phi) is 6.68. The van der Waals surface area contributed by atoms with Crippen molar-refractivity contribution in [3.63, 3.8) is 0 Å². The summed E-state index contributed by atoms with van der Waals surface area (Å²) in [5.74, 6) is -1.43. The van der Waals surface area contributed by atoms with E-state index in [1.807, 2.05) is 32.0 Å². The molecule has 0 aliphatic rings. The Morgan fingerprint density at radius 3 is 2.23 bits per heavy atom. The second kappa shape index (κ2) is 9.06. The first-order chi connectivity index (χ1) is 14.2. The van der Waals surface area contributed by atoms with E-state index < -0.39 is 27.2 Å². The van der Waals surface area contributed by atoms with E-state index in [1.54, 1.807) is 24.3 Å². The fraction of sp³-hybridized carbons (Fsp3) is 0.125. The van der Waals surface area contributed by atoms with Gasteiger partial charge in [0.05, 0.1) is 5.75 Å². The Labute approximate surface area is 184 Å². The zero-order valence-corrected chi connectivity index (χ0v) is 18.9. The molecule has 3 rings (SSSR count). The Morgan fingerprint density at radius 2 is 1.60 bits per heavy atom. The van der Waals surface area contributed by atoms with Crippen LogP contribution in [-0.2, 0) is 15.6 Å². The van der Waals surface area contributed by atoms with Crippen LogP contribution in [0.3, 0.4) is 0 Å². The molecule has 3 nitrogen and oxygen atoms in total. The molecule has 0 radical (unpaired) electrons. The lowest BCUT2D eigenvalue weighted by Gasteiger charge is -2.11. The number of benzene rings is 3. The SMILES string of the molecule is Cc1ccc(C)c(/C=C(\C(=O)c2ccc(Br)cc2)S(=O)(=O)Cc2ccc(F)cc2)c1. The number of Topliss-reactive ketones (excluding diaryl/α,β-unsaturated/α-hetero) is 1. The molecular formula is C24H20BrFO3S. The second-order valence-electron chi connectivity index (χ2n) is 7.09. The summed E-state index contributed by atoms with van der Waals surface area (Å²) in [6, 6.07) is 17.4. The number of allylic oxidation sites excluding steroid dienone is 1. The van der Waals surface area contributed by atoms with Gasteiger partial charge in [-0.05, 0) is 73.0 Å². The highest BCUT2D eigenvalue weighted by molar-refractivity contribution is 9.10. The molecule has 0 bridgehead atoms. The second-order valence-corrected chi connectivity index (χ2v) is 9.96. The normalized spacial score (nSPS) is 12.1. The van der Waals surface area contributed by atoms with E-state index in [2.05, 4.69) is 15.9 Å². The number of hydrogen-bond acceptors (Lipinski definition) is 3. The minimum atomic E-state index is -4.00. The van der Waals surface area contributed by atoms with Crippen LogP contribution in [0.1, 0.15) is 32.6 Å². The van der Waals surface area contributed by atoms with Gasteiger partial charge in [-0.3, -0.25) is 4.79 Å². The maximum absolute atomic E-state index is 13.3. The van der Waals surface area contributed by atoms with Crippen LogP contribution in [0.15, 0.2) is 76.1 Å². The molecule has 3 aromatic carbocycles. The van der Waals surface area contributed by atoms with Crippen LogP contribution in [0.25, 0.3) is 6.08 Å². The van der Waals surface area contributed by atoms with Gasteiger partial charge in [0.1, 0.15) is 10.7 Å². The quantitative estimate of drug-likeness (QED) is 0.315. The topological polar surface area (TPSA) is 51.2 Å². The van der Waals surface area contributed by atoms with Gasteiger partial charge in [-0.25, -0.2) is 12.8 Å². The zero-order chi connectivity index (χ0) is 21.9. The third-order valence-corrected chi connectivity index (χ3v) is 6.87. The Bertz CT molecular complexity index is 1210. The van der Waals surface area contributed by atoms with Gasteiger partial charge in [0.2, 0.25) is 5.78 Å². The summed E-state index contributed by atoms with van der Waals surface area (Å²) in [6.45, 7) is 3.76. The van der Waals surface area contributed by atoms with Crippen LogP contribution in [0.4, 0.5) is 4.39 Å². The molecule has 0 aromatic heterocycles. The molecule has 0 heterocycles. The van der Waals surface area contributed by atoms with Crippen LogP contribution < -0.4 is 0 Å². The van der Waals surface area contributed by atoms with Gasteiger partial charge in [0, 0.05) is 10.0 Å². The van der Waals surface area contributed by atoms with E-state index in [0.717, 1.165) is 15.6 Å². The fourth-order valence-electron chi connectivity index (χ4n) is 2.97. The highest BCUT2D eigenvalue weighted by atomic mass is 79.9. The molecule has 0 N–H and O–H groups in total. The van der Waals surface area contributed by atoms with E-state index >= 15 is 0 Å². The van der Waals surface area contributed by atoms with E-state index in [-0.39, 0.29) is 10.5 Å². The Morgan fingerprint density at radius 1 is 0.967 bits per heavy atom. The van der Waals surface area contributed by atoms with Crippen molar-refractivity contribution in [2.75, 3.05) is 0 Å². The lowest BCUT2D eigenvalue weighted by atomic mass is 10.0. The molecule has 0 saturated heterocycles. The van der Waals surface area contributed by atoms with Crippen molar-refractivity contribution in [1.29, 1.82) is 0 Å². The molecule has 154 valence electrons. The van der Waals surface area contributed by atoms with Crippen LogP contribution in [0.2, 0.25) is 0 Å². The predicted octanol–water partition coefficient (Wildman–Crippen LogP) is 6.04. The molecule has 0 aliphatic heterocycles. The van der Waals surface area contributed by atoms with E-state index in [0.29, 0.717) is 11.1 Å². The number of halogens is 2. The van der Waals surface area contributed by atoms with Gasteiger partial charge in [-0.1, -0.05) is 51.8 Å². The smallest absolute Gasteiger partial charge is 0.204 e. The monoisotopic (exact) mass is 486 g/mol. The summed E-state index contributed by atoms with van der Waals surface area (Å²) in [4.78, 5) is 12.9. The number of rotatable bonds is 6. The average molecular weight is 487 g/mol. The first-order valence-electron chi connectivity index (χ1n) is 9.22. The van der Waals surface area contributed by atoms with Crippen molar-refractivity contribution in [2.24, 2.45) is 0 Å². The standard InChI is InChI=1S/C24H20BrFO3S/c1-16-3-4-17(2)20(13-16)14-23(24(27)19-7-9-21(25)10-8-19)30(28,29)15-18-5-11-22(26)12-6-18/h3-14H,15H2,1-2H3/b23-14+. The van der Waals surface area contributed by atoms with Crippen molar-refractivity contribution >= 4 is 37.6 Å². The summed E-state index contributed by atoms with van der Waals surface area (Å²) >= 11 is 3.32. The zero-order valence-electron chi connectivity index (χ0n) is 16.5. The van der Waals surface area contributed by atoms with Gasteiger partial charge in [0.25, 0.3) is 0 Å². The molecule has 0 fully saturated rings. The van der Waals surface area contributed by atoms with Gasteiger partial charge in [0.15, 0.2) is 9.84 Å². The number of carbonyl (C=O) groups excluding carboxylic acids is 1. The van der Waals surface area contributed by atoms with Crippen molar-refractivity contribution in [3.8, 4) is 0 Å².